The number of hydrogen-bond donors (Lipinski definition) is 1. The van der Waals surface area contributed by atoms with E-state index in [1.54, 1.807) is 4.90 Å². The summed E-state index contributed by atoms with van der Waals surface area (Å²) >= 11 is 0. The zero-order chi connectivity index (χ0) is 32.8. The Labute approximate surface area is 253 Å². The molecule has 244 valence electrons. The maximum absolute atomic E-state index is 15.0. The second-order valence-electron chi connectivity index (χ2n) is 12.5. The average Bonchev–Trinajstić information content (AvgIpc) is 3.40. The minimum atomic E-state index is -6.35. The monoisotopic (exact) mass is 664 g/mol. The summed E-state index contributed by atoms with van der Waals surface area (Å²) in [7, 11) is -4.54. The number of carbonyl (C=O) groups is 2. The second-order valence-corrected chi connectivity index (χ2v) is 14.7. The number of carbonyl (C=O) groups excluding carboxylic acids is 2. The molecule has 4 aliphatic rings. The van der Waals surface area contributed by atoms with Gasteiger partial charge in [-0.1, -0.05) is 18.2 Å². The van der Waals surface area contributed by atoms with Crippen molar-refractivity contribution in [3.05, 3.63) is 65.0 Å². The Morgan fingerprint density at radius 1 is 0.889 bits per heavy atom. The van der Waals surface area contributed by atoms with Gasteiger partial charge in [0, 0.05) is 31.1 Å². The fraction of sp³-hybridized carbons (Fsp3) is 0.533. The number of halogens is 8. The van der Waals surface area contributed by atoms with Gasteiger partial charge >= 0.3 is 18.0 Å². The molecule has 6 nitrogen and oxygen atoms in total. The number of amides is 2. The Hall–Kier alpha value is -3.23. The van der Waals surface area contributed by atoms with Crippen molar-refractivity contribution < 1.29 is 53.1 Å². The van der Waals surface area contributed by atoms with E-state index in [0.717, 1.165) is 30.3 Å². The van der Waals surface area contributed by atoms with Gasteiger partial charge in [-0.25, -0.2) is 17.2 Å². The van der Waals surface area contributed by atoms with Crippen LogP contribution in [0.4, 0.5) is 35.1 Å². The first-order chi connectivity index (χ1) is 20.9. The van der Waals surface area contributed by atoms with Gasteiger partial charge in [0.1, 0.15) is 10.6 Å². The molecule has 3 atom stereocenters. The van der Waals surface area contributed by atoms with Crippen LogP contribution in [0.5, 0.6) is 0 Å². The summed E-state index contributed by atoms with van der Waals surface area (Å²) < 4.78 is 137. The fourth-order valence-corrected chi connectivity index (χ4v) is 10.3. The maximum Gasteiger partial charge on any atom is 0.435 e. The molecule has 45 heavy (non-hydrogen) atoms. The fourth-order valence-electron chi connectivity index (χ4n) is 7.88. The molecule has 1 spiro atoms. The molecule has 2 aliphatic heterocycles. The van der Waals surface area contributed by atoms with Crippen molar-refractivity contribution in [1.82, 2.24) is 10.2 Å². The Morgan fingerprint density at radius 2 is 1.51 bits per heavy atom. The van der Waals surface area contributed by atoms with Crippen molar-refractivity contribution >= 4 is 21.7 Å². The van der Waals surface area contributed by atoms with Gasteiger partial charge in [-0.15, -0.1) is 0 Å². The van der Waals surface area contributed by atoms with Gasteiger partial charge in [0.2, 0.25) is 11.8 Å². The summed E-state index contributed by atoms with van der Waals surface area (Å²) in [6, 6.07) is 5.39. The lowest BCUT2D eigenvalue weighted by molar-refractivity contribution is -0.348. The van der Waals surface area contributed by atoms with E-state index in [-0.39, 0.29) is 66.6 Å². The molecule has 15 heteroatoms. The third-order valence-electron chi connectivity index (χ3n) is 10.4. The van der Waals surface area contributed by atoms with Crippen LogP contribution in [0, 0.1) is 23.1 Å². The molecule has 1 saturated carbocycles. The van der Waals surface area contributed by atoms with Crippen LogP contribution in [0.15, 0.2) is 47.4 Å². The van der Waals surface area contributed by atoms with Gasteiger partial charge in [0.05, 0.1) is 10.3 Å². The maximum atomic E-state index is 15.0. The molecule has 0 aromatic heterocycles. The zero-order valence-electron chi connectivity index (χ0n) is 23.6. The standard InChI is InChI=1S/C30H28F8N2O4S/c31-19-3-5-20(6-4-19)45(43,44)27-10-9-21(24(41)40-13-11-26(12-14-40)16-39-25(26)42)23(27)7-1-17-15-18(2-8-22(17)27)28(32,29(33,34)35)30(36,37)38/h2-6,8,15,21,23H,1,7,9-14,16H2,(H,39,42)/t21-,23+,27-/m1/s1. The lowest BCUT2D eigenvalue weighted by Crippen LogP contribution is -2.63. The van der Waals surface area contributed by atoms with Crippen molar-refractivity contribution in [2.75, 3.05) is 19.6 Å². The molecule has 2 aromatic rings. The van der Waals surface area contributed by atoms with Crippen LogP contribution in [0.3, 0.4) is 0 Å². The Kier molecular flexibility index (Phi) is 7.15. The molecule has 2 heterocycles. The van der Waals surface area contributed by atoms with Crippen LogP contribution in [-0.4, -0.2) is 57.1 Å². The number of aryl methyl sites for hydroxylation is 1. The van der Waals surface area contributed by atoms with E-state index in [2.05, 4.69) is 5.32 Å². The van der Waals surface area contributed by atoms with Crippen LogP contribution >= 0.6 is 0 Å². The molecule has 2 amide bonds. The molecule has 0 radical (unpaired) electrons. The summed E-state index contributed by atoms with van der Waals surface area (Å²) in [4.78, 5) is 27.2. The van der Waals surface area contributed by atoms with E-state index >= 15 is 4.39 Å². The Balaban J connectivity index is 1.43. The molecule has 2 aliphatic carbocycles. The number of alkyl halides is 7. The second kappa shape index (κ2) is 10.1. The number of hydrogen-bond acceptors (Lipinski definition) is 4. The first-order valence-electron chi connectivity index (χ1n) is 14.4. The van der Waals surface area contributed by atoms with E-state index in [1.165, 1.54) is 0 Å². The molecule has 1 N–H and O–H groups in total. The van der Waals surface area contributed by atoms with Gasteiger partial charge in [-0.2, -0.15) is 26.3 Å². The molecule has 2 saturated heterocycles. The SMILES string of the molecule is O=C([C@@H]1CC[C@@]2(S(=O)(=O)c3ccc(F)cc3)c3ccc(C(F)(C(F)(F)F)C(F)(F)F)cc3CC[C@@H]12)N1CCC2(CC1)CNC2=O. The van der Waals surface area contributed by atoms with Crippen LogP contribution in [0.25, 0.3) is 0 Å². The van der Waals surface area contributed by atoms with Crippen molar-refractivity contribution in [3.63, 3.8) is 0 Å². The summed E-state index contributed by atoms with van der Waals surface area (Å²) in [5.41, 5.74) is -8.26. The number of nitrogens with zero attached hydrogens (tertiary/aromatic N) is 1. The van der Waals surface area contributed by atoms with Crippen molar-refractivity contribution in [1.29, 1.82) is 0 Å². The molecule has 3 fully saturated rings. The Morgan fingerprint density at radius 3 is 2.04 bits per heavy atom. The summed E-state index contributed by atoms with van der Waals surface area (Å²) in [6.07, 6.45) is -12.3. The predicted molar refractivity (Wildman–Crippen MR) is 142 cm³/mol. The van der Waals surface area contributed by atoms with Gasteiger partial charge in [-0.3, -0.25) is 9.59 Å². The van der Waals surface area contributed by atoms with E-state index < -0.39 is 61.2 Å². The highest BCUT2D eigenvalue weighted by Gasteiger charge is 2.74. The largest absolute Gasteiger partial charge is 0.435 e. The number of benzene rings is 2. The van der Waals surface area contributed by atoms with Crippen LogP contribution in [-0.2, 0) is 36.3 Å². The quantitative estimate of drug-likeness (QED) is 0.266. The lowest BCUT2D eigenvalue weighted by Gasteiger charge is -2.47. The molecule has 6 rings (SSSR count). The molecule has 0 unspecified atom stereocenters. The first kappa shape index (κ1) is 31.7. The van der Waals surface area contributed by atoms with Gasteiger partial charge in [0.25, 0.3) is 0 Å². The number of fused-ring (bicyclic) bond motifs is 3. The normalized spacial score (nSPS) is 26.6. The number of piperidine rings is 1. The van der Waals surface area contributed by atoms with E-state index in [9.17, 15) is 48.7 Å². The number of β-lactam (4-membered cyclic amide) rings is 1. The number of rotatable bonds is 4. The third kappa shape index (κ3) is 4.42. The highest BCUT2D eigenvalue weighted by atomic mass is 32.2. The molecular formula is C30H28F8N2O4S. The molecular weight excluding hydrogens is 636 g/mol. The summed E-state index contributed by atoms with van der Waals surface area (Å²) in [5.74, 6) is -2.96. The minimum absolute atomic E-state index is 0.0470. The van der Waals surface area contributed by atoms with E-state index in [1.807, 2.05) is 0 Å². The van der Waals surface area contributed by atoms with Gasteiger partial charge in [-0.05, 0) is 79.8 Å². The highest BCUT2D eigenvalue weighted by molar-refractivity contribution is 7.92. The number of likely N-dealkylation sites (tertiary alicyclic amines) is 1. The van der Waals surface area contributed by atoms with Crippen molar-refractivity contribution in [2.45, 2.75) is 66.2 Å². The first-order valence-corrected chi connectivity index (χ1v) is 15.9. The molecule has 2 aromatic carbocycles. The molecule has 0 bridgehead atoms. The lowest BCUT2D eigenvalue weighted by atomic mass is 9.71. The topological polar surface area (TPSA) is 83.6 Å². The highest BCUT2D eigenvalue weighted by Crippen LogP contribution is 2.61. The van der Waals surface area contributed by atoms with Crippen LogP contribution < -0.4 is 5.32 Å². The van der Waals surface area contributed by atoms with Crippen molar-refractivity contribution in [2.24, 2.45) is 17.3 Å². The third-order valence-corrected chi connectivity index (χ3v) is 13.0. The average molecular weight is 665 g/mol. The smallest absolute Gasteiger partial charge is 0.354 e. The van der Waals surface area contributed by atoms with Crippen molar-refractivity contribution in [3.8, 4) is 0 Å². The summed E-state index contributed by atoms with van der Waals surface area (Å²) in [6.45, 7) is 1.03. The van der Waals surface area contributed by atoms with Crippen LogP contribution in [0.1, 0.15) is 48.8 Å². The Bertz CT molecular complexity index is 1640. The number of nitrogens with one attached hydrogen (secondary N) is 1. The predicted octanol–water partition coefficient (Wildman–Crippen LogP) is 5.50. The van der Waals surface area contributed by atoms with Gasteiger partial charge in [0.15, 0.2) is 9.84 Å². The van der Waals surface area contributed by atoms with Gasteiger partial charge < -0.3 is 10.2 Å². The minimum Gasteiger partial charge on any atom is -0.354 e. The number of sulfone groups is 1. The van der Waals surface area contributed by atoms with E-state index in [4.69, 9.17) is 0 Å². The van der Waals surface area contributed by atoms with E-state index in [0.29, 0.717) is 31.5 Å². The summed E-state index contributed by atoms with van der Waals surface area (Å²) in [5, 5.41) is 2.70. The van der Waals surface area contributed by atoms with Crippen LogP contribution in [0.2, 0.25) is 0 Å². The zero-order valence-corrected chi connectivity index (χ0v) is 24.4.